The zero-order chi connectivity index (χ0) is 26.3. The number of methoxy groups -OCH3 is 2. The van der Waals surface area contributed by atoms with Crippen molar-refractivity contribution in [3.8, 4) is 22.6 Å². The molecule has 1 heterocycles. The van der Waals surface area contributed by atoms with Gasteiger partial charge in [0, 0.05) is 17.3 Å². The summed E-state index contributed by atoms with van der Waals surface area (Å²) in [6.07, 6.45) is 9.69. The summed E-state index contributed by atoms with van der Waals surface area (Å²) in [6, 6.07) is 24.7. The molecule has 1 saturated carbocycles. The molecule has 38 heavy (non-hydrogen) atoms. The number of hydrogen-bond acceptors (Lipinski definition) is 4. The van der Waals surface area contributed by atoms with Gasteiger partial charge in [-0.05, 0) is 73.2 Å². The van der Waals surface area contributed by atoms with Crippen LogP contribution in [-0.4, -0.2) is 38.8 Å². The second-order valence-electron chi connectivity index (χ2n) is 10.7. The number of anilines is 1. The van der Waals surface area contributed by atoms with Crippen molar-refractivity contribution >= 4 is 11.6 Å². The highest BCUT2D eigenvalue weighted by molar-refractivity contribution is 6.07. The van der Waals surface area contributed by atoms with Crippen molar-refractivity contribution in [2.75, 3.05) is 25.7 Å². The van der Waals surface area contributed by atoms with Crippen molar-refractivity contribution < 1.29 is 14.3 Å². The third kappa shape index (κ3) is 5.88. The number of rotatable bonds is 9. The summed E-state index contributed by atoms with van der Waals surface area (Å²) < 4.78 is 11.0. The molecule has 3 aromatic carbocycles. The predicted octanol–water partition coefficient (Wildman–Crippen LogP) is 7.11. The zero-order valence-electron chi connectivity index (χ0n) is 22.7. The Morgan fingerprint density at radius 1 is 0.842 bits per heavy atom. The van der Waals surface area contributed by atoms with Gasteiger partial charge in [0.05, 0.1) is 20.3 Å². The molecule has 1 N–H and O–H groups in total. The second-order valence-corrected chi connectivity index (χ2v) is 10.7. The van der Waals surface area contributed by atoms with Gasteiger partial charge in [-0.25, -0.2) is 0 Å². The maximum atomic E-state index is 14.5. The molecule has 2 atom stereocenters. The normalized spacial score (nSPS) is 18.6. The molecule has 3 aromatic rings. The minimum Gasteiger partial charge on any atom is -0.493 e. The summed E-state index contributed by atoms with van der Waals surface area (Å²) in [5.74, 6) is 1.84. The lowest BCUT2D eigenvalue weighted by molar-refractivity contribution is 0.0964. The van der Waals surface area contributed by atoms with Crippen LogP contribution in [0.3, 0.4) is 0 Å². The molecule has 1 aliphatic heterocycles. The molecular weight excluding hydrogens is 472 g/mol. The fraction of sp³-hybridized carbons (Fsp3) is 0.424. The Balaban J connectivity index is 1.58. The lowest BCUT2D eigenvalue weighted by Gasteiger charge is -2.39. The first kappa shape index (κ1) is 26.3. The SMILES string of the molecule is COc1ccc(C(=O)N(c2cccc(-c3ccccc3)c2)C(CC2CCCCC2)C2CCCN2)cc1OC. The molecule has 5 heteroatoms. The predicted molar refractivity (Wildman–Crippen MR) is 154 cm³/mol. The van der Waals surface area contributed by atoms with Crippen molar-refractivity contribution in [3.63, 3.8) is 0 Å². The largest absolute Gasteiger partial charge is 0.493 e. The molecule has 0 bridgehead atoms. The number of carbonyl (C=O) groups is 1. The average Bonchev–Trinajstić information content (AvgIpc) is 3.52. The number of carbonyl (C=O) groups excluding carboxylic acids is 1. The number of ether oxygens (including phenoxy) is 2. The molecule has 2 fully saturated rings. The number of hydrogen-bond donors (Lipinski definition) is 1. The topological polar surface area (TPSA) is 50.8 Å². The van der Waals surface area contributed by atoms with E-state index in [0.717, 1.165) is 42.6 Å². The van der Waals surface area contributed by atoms with Crippen molar-refractivity contribution in [1.82, 2.24) is 5.32 Å². The van der Waals surface area contributed by atoms with Crippen LogP contribution in [0.5, 0.6) is 11.5 Å². The molecule has 5 nitrogen and oxygen atoms in total. The van der Waals surface area contributed by atoms with E-state index in [9.17, 15) is 4.79 Å². The van der Waals surface area contributed by atoms with Gasteiger partial charge < -0.3 is 19.7 Å². The standard InChI is InChI=1S/C33H40N2O3/c1-37-31-19-18-27(23-32(31)38-2)33(36)35(28-16-9-15-26(22-28)25-13-7-4-8-14-25)30(29-17-10-20-34-29)21-24-11-5-3-6-12-24/h4,7-9,13-16,18-19,22-24,29-30,34H,3,5-6,10-12,17,20-21H2,1-2H3. The number of nitrogens with zero attached hydrogens (tertiary/aromatic N) is 1. The smallest absolute Gasteiger partial charge is 0.258 e. The van der Waals surface area contributed by atoms with Gasteiger partial charge >= 0.3 is 0 Å². The maximum absolute atomic E-state index is 14.5. The van der Waals surface area contributed by atoms with E-state index in [4.69, 9.17) is 9.47 Å². The maximum Gasteiger partial charge on any atom is 0.258 e. The Morgan fingerprint density at radius 3 is 2.32 bits per heavy atom. The summed E-state index contributed by atoms with van der Waals surface area (Å²) >= 11 is 0. The van der Waals surface area contributed by atoms with E-state index in [1.165, 1.54) is 32.1 Å². The van der Waals surface area contributed by atoms with Crippen LogP contribution in [0.25, 0.3) is 11.1 Å². The first-order chi connectivity index (χ1) is 18.7. The van der Waals surface area contributed by atoms with Crippen LogP contribution in [0.1, 0.15) is 61.7 Å². The Kier molecular flexibility index (Phi) is 8.65. The van der Waals surface area contributed by atoms with E-state index in [0.29, 0.717) is 23.0 Å². The zero-order valence-corrected chi connectivity index (χ0v) is 22.7. The van der Waals surface area contributed by atoms with Gasteiger partial charge in [0.2, 0.25) is 0 Å². The molecule has 2 unspecified atom stereocenters. The summed E-state index contributed by atoms with van der Waals surface area (Å²) in [5.41, 5.74) is 3.82. The monoisotopic (exact) mass is 512 g/mol. The second kappa shape index (κ2) is 12.5. The average molecular weight is 513 g/mol. The third-order valence-corrected chi connectivity index (χ3v) is 8.27. The summed E-state index contributed by atoms with van der Waals surface area (Å²) in [6.45, 7) is 1.01. The van der Waals surface area contributed by atoms with Gasteiger partial charge in [0.15, 0.2) is 11.5 Å². The van der Waals surface area contributed by atoms with Gasteiger partial charge in [0.1, 0.15) is 0 Å². The van der Waals surface area contributed by atoms with Crippen LogP contribution >= 0.6 is 0 Å². The van der Waals surface area contributed by atoms with Crippen molar-refractivity contribution in [2.45, 2.75) is 63.5 Å². The van der Waals surface area contributed by atoms with Crippen LogP contribution < -0.4 is 19.7 Å². The summed E-state index contributed by atoms with van der Waals surface area (Å²) in [5, 5.41) is 3.75. The lowest BCUT2D eigenvalue weighted by Crippen LogP contribution is -2.51. The fourth-order valence-electron chi connectivity index (χ4n) is 6.29. The van der Waals surface area contributed by atoms with Crippen molar-refractivity contribution in [3.05, 3.63) is 78.4 Å². The number of amides is 1. The molecular formula is C33H40N2O3. The fourth-order valence-corrected chi connectivity index (χ4v) is 6.29. The molecule has 0 spiro atoms. The molecule has 2 aliphatic rings. The highest BCUT2D eigenvalue weighted by Crippen LogP contribution is 2.36. The summed E-state index contributed by atoms with van der Waals surface area (Å²) in [7, 11) is 3.23. The van der Waals surface area contributed by atoms with Crippen molar-refractivity contribution in [1.29, 1.82) is 0 Å². The first-order valence-corrected chi connectivity index (χ1v) is 14.1. The van der Waals surface area contributed by atoms with Crippen LogP contribution in [0.4, 0.5) is 5.69 Å². The molecule has 200 valence electrons. The highest BCUT2D eigenvalue weighted by Gasteiger charge is 2.36. The number of nitrogens with one attached hydrogen (secondary N) is 1. The van der Waals surface area contributed by atoms with E-state index in [-0.39, 0.29) is 18.0 Å². The van der Waals surface area contributed by atoms with E-state index in [1.807, 2.05) is 24.3 Å². The molecule has 1 saturated heterocycles. The quantitative estimate of drug-likeness (QED) is 0.332. The summed E-state index contributed by atoms with van der Waals surface area (Å²) in [4.78, 5) is 16.6. The van der Waals surface area contributed by atoms with E-state index >= 15 is 0 Å². The Labute approximate surface area is 227 Å². The Hall–Kier alpha value is -3.31. The first-order valence-electron chi connectivity index (χ1n) is 14.1. The highest BCUT2D eigenvalue weighted by atomic mass is 16.5. The van der Waals surface area contributed by atoms with Gasteiger partial charge in [-0.15, -0.1) is 0 Å². The lowest BCUT2D eigenvalue weighted by atomic mass is 9.82. The number of benzene rings is 3. The molecule has 1 aliphatic carbocycles. The van der Waals surface area contributed by atoms with Crippen LogP contribution in [0.15, 0.2) is 72.8 Å². The van der Waals surface area contributed by atoms with Gasteiger partial charge in [-0.3, -0.25) is 4.79 Å². The van der Waals surface area contributed by atoms with Crippen LogP contribution in [-0.2, 0) is 0 Å². The van der Waals surface area contributed by atoms with Crippen LogP contribution in [0.2, 0.25) is 0 Å². The van der Waals surface area contributed by atoms with Gasteiger partial charge in [-0.1, -0.05) is 74.6 Å². The Bertz CT molecular complexity index is 1200. The minimum absolute atomic E-state index is 0.00525. The van der Waals surface area contributed by atoms with Crippen LogP contribution in [0, 0.1) is 5.92 Å². The molecule has 0 aromatic heterocycles. The third-order valence-electron chi connectivity index (χ3n) is 8.27. The van der Waals surface area contributed by atoms with Gasteiger partial charge in [0.25, 0.3) is 5.91 Å². The van der Waals surface area contributed by atoms with E-state index in [2.05, 4.69) is 58.7 Å². The Morgan fingerprint density at radius 2 is 1.61 bits per heavy atom. The van der Waals surface area contributed by atoms with E-state index < -0.39 is 0 Å². The molecule has 5 rings (SSSR count). The van der Waals surface area contributed by atoms with E-state index in [1.54, 1.807) is 14.2 Å². The van der Waals surface area contributed by atoms with Gasteiger partial charge in [-0.2, -0.15) is 0 Å². The molecule has 1 amide bonds. The molecule has 0 radical (unpaired) electrons. The van der Waals surface area contributed by atoms with Crippen molar-refractivity contribution in [2.24, 2.45) is 5.92 Å². The minimum atomic E-state index is 0.00525.